The Bertz CT molecular complexity index is 1030. The normalized spacial score (nSPS) is 11.2. The fraction of sp³-hybridized carbons (Fsp3) is 0.250. The highest BCUT2D eigenvalue weighted by molar-refractivity contribution is 5.90. The number of alkyl halides is 3. The van der Waals surface area contributed by atoms with E-state index in [4.69, 9.17) is 14.0 Å². The molecule has 0 aliphatic heterocycles. The zero-order valence-corrected chi connectivity index (χ0v) is 16.1. The van der Waals surface area contributed by atoms with Crippen molar-refractivity contribution in [3.05, 3.63) is 53.9 Å². The molecule has 3 aromatic rings. The molecule has 0 spiro atoms. The monoisotopic (exact) mass is 421 g/mol. The molecule has 30 heavy (non-hydrogen) atoms. The summed E-state index contributed by atoms with van der Waals surface area (Å²) in [5.41, 5.74) is -0.140. The van der Waals surface area contributed by atoms with Crippen molar-refractivity contribution in [3.8, 4) is 22.9 Å². The molecule has 0 saturated heterocycles. The molecule has 1 heterocycles. The number of carbonyl (C=O) groups is 1. The summed E-state index contributed by atoms with van der Waals surface area (Å²) < 4.78 is 53.8. The quantitative estimate of drug-likeness (QED) is 0.611. The van der Waals surface area contributed by atoms with Crippen LogP contribution in [0, 0.1) is 0 Å². The summed E-state index contributed by atoms with van der Waals surface area (Å²) >= 11 is 0. The van der Waals surface area contributed by atoms with Crippen molar-refractivity contribution < 1.29 is 32.0 Å². The van der Waals surface area contributed by atoms with Crippen molar-refractivity contribution in [2.45, 2.75) is 19.0 Å². The van der Waals surface area contributed by atoms with Gasteiger partial charge in [0.15, 0.2) is 11.5 Å². The van der Waals surface area contributed by atoms with Crippen molar-refractivity contribution in [3.63, 3.8) is 0 Å². The van der Waals surface area contributed by atoms with Gasteiger partial charge in [-0.3, -0.25) is 4.79 Å². The van der Waals surface area contributed by atoms with E-state index in [0.717, 1.165) is 12.1 Å². The Morgan fingerprint density at radius 2 is 1.87 bits per heavy atom. The molecule has 1 aromatic heterocycles. The lowest BCUT2D eigenvalue weighted by molar-refractivity contribution is -0.137. The SMILES string of the molecule is COc1ccc(-c2noc(CCC(=O)Nc3cccc(C(F)(F)F)c3)n2)cc1OC. The van der Waals surface area contributed by atoms with E-state index in [1.54, 1.807) is 18.2 Å². The lowest BCUT2D eigenvalue weighted by atomic mass is 10.2. The third-order valence-electron chi connectivity index (χ3n) is 4.15. The van der Waals surface area contributed by atoms with Crippen molar-refractivity contribution in [1.29, 1.82) is 0 Å². The summed E-state index contributed by atoms with van der Waals surface area (Å²) in [5, 5.41) is 6.31. The lowest BCUT2D eigenvalue weighted by Gasteiger charge is -2.09. The van der Waals surface area contributed by atoms with Gasteiger partial charge in [-0.2, -0.15) is 18.2 Å². The summed E-state index contributed by atoms with van der Waals surface area (Å²) in [5.74, 6) is 1.11. The Morgan fingerprint density at radius 3 is 2.57 bits per heavy atom. The van der Waals surface area contributed by atoms with E-state index < -0.39 is 17.6 Å². The Hall–Kier alpha value is -3.56. The first kappa shape index (κ1) is 21.2. The predicted molar refractivity (Wildman–Crippen MR) is 101 cm³/mol. The number of nitrogens with one attached hydrogen (secondary N) is 1. The molecule has 7 nitrogen and oxygen atoms in total. The third-order valence-corrected chi connectivity index (χ3v) is 4.15. The molecule has 2 aromatic carbocycles. The molecule has 0 fully saturated rings. The number of hydrogen-bond donors (Lipinski definition) is 1. The van der Waals surface area contributed by atoms with E-state index in [2.05, 4.69) is 15.5 Å². The lowest BCUT2D eigenvalue weighted by Crippen LogP contribution is -2.13. The molecule has 0 radical (unpaired) electrons. The maximum Gasteiger partial charge on any atom is 0.416 e. The van der Waals surface area contributed by atoms with Gasteiger partial charge in [0.25, 0.3) is 0 Å². The maximum absolute atomic E-state index is 12.8. The Kier molecular flexibility index (Phi) is 6.24. The minimum absolute atomic E-state index is 0.0379. The number of rotatable bonds is 7. The fourth-order valence-electron chi connectivity index (χ4n) is 2.67. The molecule has 158 valence electrons. The van der Waals surface area contributed by atoms with Crippen LogP contribution in [-0.2, 0) is 17.4 Å². The van der Waals surface area contributed by atoms with Gasteiger partial charge in [-0.25, -0.2) is 0 Å². The van der Waals surface area contributed by atoms with Crippen LogP contribution in [0.2, 0.25) is 0 Å². The maximum atomic E-state index is 12.8. The van der Waals surface area contributed by atoms with Gasteiger partial charge in [0.2, 0.25) is 17.6 Å². The van der Waals surface area contributed by atoms with E-state index in [9.17, 15) is 18.0 Å². The van der Waals surface area contributed by atoms with Crippen molar-refractivity contribution in [2.75, 3.05) is 19.5 Å². The van der Waals surface area contributed by atoms with Crippen LogP contribution >= 0.6 is 0 Å². The molecule has 0 unspecified atom stereocenters. The van der Waals surface area contributed by atoms with E-state index >= 15 is 0 Å². The Labute approximate surface area is 169 Å². The topological polar surface area (TPSA) is 86.5 Å². The molecule has 10 heteroatoms. The Morgan fingerprint density at radius 1 is 1.10 bits per heavy atom. The number of hydrogen-bond acceptors (Lipinski definition) is 6. The number of aromatic nitrogens is 2. The number of aryl methyl sites for hydroxylation is 1. The van der Waals surface area contributed by atoms with Crippen LogP contribution in [0.25, 0.3) is 11.4 Å². The van der Waals surface area contributed by atoms with E-state index in [1.165, 1.54) is 26.4 Å². The molecule has 1 amide bonds. The molecule has 0 atom stereocenters. The molecule has 1 N–H and O–H groups in total. The van der Waals surface area contributed by atoms with Gasteiger partial charge in [0, 0.05) is 24.1 Å². The van der Waals surface area contributed by atoms with Gasteiger partial charge in [0.1, 0.15) is 0 Å². The Balaban J connectivity index is 1.61. The zero-order valence-electron chi connectivity index (χ0n) is 16.1. The van der Waals surface area contributed by atoms with Crippen LogP contribution in [0.3, 0.4) is 0 Å². The third kappa shape index (κ3) is 5.07. The van der Waals surface area contributed by atoms with Crippen LogP contribution in [0.1, 0.15) is 17.9 Å². The summed E-state index contributed by atoms with van der Waals surface area (Å²) in [7, 11) is 3.03. The highest BCUT2D eigenvalue weighted by Crippen LogP contribution is 2.32. The average Bonchev–Trinajstić information content (AvgIpc) is 3.20. The second kappa shape index (κ2) is 8.85. The van der Waals surface area contributed by atoms with E-state index in [-0.39, 0.29) is 24.4 Å². The number of methoxy groups -OCH3 is 2. The van der Waals surface area contributed by atoms with Crippen LogP contribution in [0.15, 0.2) is 47.0 Å². The molecule has 3 rings (SSSR count). The highest BCUT2D eigenvalue weighted by Gasteiger charge is 2.30. The van der Waals surface area contributed by atoms with Gasteiger partial charge in [0.05, 0.1) is 19.8 Å². The molecular formula is C20H18F3N3O4. The number of halogens is 3. The van der Waals surface area contributed by atoms with Gasteiger partial charge in [-0.05, 0) is 36.4 Å². The van der Waals surface area contributed by atoms with E-state index in [1.807, 2.05) is 0 Å². The summed E-state index contributed by atoms with van der Waals surface area (Å²) in [4.78, 5) is 16.3. The van der Waals surface area contributed by atoms with Gasteiger partial charge >= 0.3 is 6.18 Å². The number of ether oxygens (including phenoxy) is 2. The molecular weight excluding hydrogens is 403 g/mol. The smallest absolute Gasteiger partial charge is 0.416 e. The number of benzene rings is 2. The van der Waals surface area contributed by atoms with Gasteiger partial charge in [-0.15, -0.1) is 0 Å². The van der Waals surface area contributed by atoms with Crippen LogP contribution in [0.5, 0.6) is 11.5 Å². The van der Waals surface area contributed by atoms with Gasteiger partial charge < -0.3 is 19.3 Å². The molecule has 0 saturated carbocycles. The molecule has 0 bridgehead atoms. The zero-order chi connectivity index (χ0) is 21.7. The first-order valence-corrected chi connectivity index (χ1v) is 8.82. The minimum Gasteiger partial charge on any atom is -0.493 e. The average molecular weight is 421 g/mol. The number of carbonyl (C=O) groups excluding carboxylic acids is 1. The second-order valence-corrected chi connectivity index (χ2v) is 6.21. The highest BCUT2D eigenvalue weighted by atomic mass is 19.4. The number of anilines is 1. The summed E-state index contributed by atoms with van der Waals surface area (Å²) in [6, 6.07) is 9.54. The molecule has 0 aliphatic carbocycles. The summed E-state index contributed by atoms with van der Waals surface area (Å²) in [6.45, 7) is 0. The van der Waals surface area contributed by atoms with E-state index in [0.29, 0.717) is 22.9 Å². The van der Waals surface area contributed by atoms with Crippen LogP contribution in [0.4, 0.5) is 18.9 Å². The summed E-state index contributed by atoms with van der Waals surface area (Å²) in [6.07, 6.45) is -4.39. The number of nitrogens with zero attached hydrogens (tertiary/aromatic N) is 2. The fourth-order valence-corrected chi connectivity index (χ4v) is 2.67. The predicted octanol–water partition coefficient (Wildman–Crippen LogP) is 4.34. The van der Waals surface area contributed by atoms with Crippen LogP contribution in [-0.4, -0.2) is 30.3 Å². The van der Waals surface area contributed by atoms with Crippen LogP contribution < -0.4 is 14.8 Å². The standard InChI is InChI=1S/C20H18F3N3O4/c1-28-15-7-6-12(10-16(15)29-2)19-25-18(30-26-19)9-8-17(27)24-14-5-3-4-13(11-14)20(21,22)23/h3-7,10-11H,8-9H2,1-2H3,(H,24,27). The van der Waals surface area contributed by atoms with Gasteiger partial charge in [-0.1, -0.05) is 11.2 Å². The number of amides is 1. The first-order valence-electron chi connectivity index (χ1n) is 8.82. The first-order chi connectivity index (χ1) is 14.3. The van der Waals surface area contributed by atoms with Crippen molar-refractivity contribution in [2.24, 2.45) is 0 Å². The minimum atomic E-state index is -4.48. The second-order valence-electron chi connectivity index (χ2n) is 6.21. The largest absolute Gasteiger partial charge is 0.493 e. The van der Waals surface area contributed by atoms with Crippen molar-refractivity contribution in [1.82, 2.24) is 10.1 Å². The molecule has 0 aliphatic rings. The van der Waals surface area contributed by atoms with Crippen molar-refractivity contribution >= 4 is 11.6 Å².